The molecule has 1 aliphatic rings. The van der Waals surface area contributed by atoms with Crippen molar-refractivity contribution in [3.63, 3.8) is 0 Å². The minimum atomic E-state index is -0.0443. The highest BCUT2D eigenvalue weighted by atomic mass is 16.5. The molecule has 2 heterocycles. The Morgan fingerprint density at radius 3 is 2.39 bits per heavy atom. The maximum atomic E-state index is 12.9. The minimum Gasteiger partial charge on any atom is -0.496 e. The third kappa shape index (κ3) is 3.02. The van der Waals surface area contributed by atoms with Crippen LogP contribution in [0.2, 0.25) is 0 Å². The van der Waals surface area contributed by atoms with Crippen LogP contribution in [0, 0.1) is 0 Å². The van der Waals surface area contributed by atoms with Crippen LogP contribution in [0.1, 0.15) is 34.9 Å². The first kappa shape index (κ1) is 15.4. The predicted molar refractivity (Wildman–Crippen MR) is 86.0 cm³/mol. The van der Waals surface area contributed by atoms with E-state index in [0.29, 0.717) is 36.1 Å². The molecule has 0 bridgehead atoms. The van der Waals surface area contributed by atoms with E-state index < -0.39 is 0 Å². The van der Waals surface area contributed by atoms with Gasteiger partial charge >= 0.3 is 0 Å². The Kier molecular flexibility index (Phi) is 4.50. The van der Waals surface area contributed by atoms with Crippen molar-refractivity contribution in [1.82, 2.24) is 14.9 Å². The van der Waals surface area contributed by atoms with E-state index in [9.17, 15) is 4.79 Å². The fraction of sp³-hybridized carbons (Fsp3) is 0.412. The van der Waals surface area contributed by atoms with Gasteiger partial charge in [-0.15, -0.1) is 0 Å². The highest BCUT2D eigenvalue weighted by molar-refractivity contribution is 5.99. The van der Waals surface area contributed by atoms with Crippen LogP contribution in [0.4, 0.5) is 0 Å². The van der Waals surface area contributed by atoms with E-state index in [4.69, 9.17) is 9.47 Å². The first-order valence-corrected chi connectivity index (χ1v) is 7.74. The van der Waals surface area contributed by atoms with Crippen LogP contribution in [0.15, 0.2) is 30.6 Å². The second-order valence-electron chi connectivity index (χ2n) is 5.58. The summed E-state index contributed by atoms with van der Waals surface area (Å²) in [4.78, 5) is 22.2. The summed E-state index contributed by atoms with van der Waals surface area (Å²) in [6, 6.07) is 5.38. The monoisotopic (exact) mass is 315 g/mol. The quantitative estimate of drug-likeness (QED) is 0.941. The van der Waals surface area contributed by atoms with E-state index in [1.165, 1.54) is 0 Å². The molecule has 0 atom stereocenters. The van der Waals surface area contributed by atoms with Crippen molar-refractivity contribution >= 4 is 5.91 Å². The lowest BCUT2D eigenvalue weighted by Crippen LogP contribution is -2.38. The number of methoxy groups -OCH3 is 2. The number of rotatable bonds is 4. The fourth-order valence-electron chi connectivity index (χ4n) is 3.08. The molecule has 0 radical (unpaired) electrons. The molecule has 1 N–H and O–H groups in total. The zero-order valence-corrected chi connectivity index (χ0v) is 13.4. The van der Waals surface area contributed by atoms with Gasteiger partial charge in [0.05, 0.1) is 14.2 Å². The maximum absolute atomic E-state index is 12.9. The van der Waals surface area contributed by atoms with Gasteiger partial charge < -0.3 is 19.4 Å². The van der Waals surface area contributed by atoms with Crippen molar-refractivity contribution in [3.8, 4) is 11.5 Å². The Balaban J connectivity index is 1.75. The number of piperidine rings is 1. The van der Waals surface area contributed by atoms with Gasteiger partial charge in [0.15, 0.2) is 0 Å². The van der Waals surface area contributed by atoms with Gasteiger partial charge in [0.2, 0.25) is 0 Å². The smallest absolute Gasteiger partial charge is 0.261 e. The summed E-state index contributed by atoms with van der Waals surface area (Å²) >= 11 is 0. The molecule has 0 saturated carbocycles. The second kappa shape index (κ2) is 6.73. The van der Waals surface area contributed by atoms with Crippen LogP contribution < -0.4 is 9.47 Å². The number of H-pyrrole nitrogens is 1. The highest BCUT2D eigenvalue weighted by Crippen LogP contribution is 2.32. The highest BCUT2D eigenvalue weighted by Gasteiger charge is 2.29. The number of carbonyl (C=O) groups is 1. The maximum Gasteiger partial charge on any atom is 0.261 e. The average molecular weight is 315 g/mol. The van der Waals surface area contributed by atoms with Gasteiger partial charge in [-0.25, -0.2) is 4.98 Å². The number of hydrogen-bond donors (Lipinski definition) is 1. The fourth-order valence-corrected chi connectivity index (χ4v) is 3.08. The number of likely N-dealkylation sites (tertiary alicyclic amines) is 1. The lowest BCUT2D eigenvalue weighted by Gasteiger charge is -2.31. The Morgan fingerprint density at radius 2 is 1.87 bits per heavy atom. The zero-order valence-electron chi connectivity index (χ0n) is 13.4. The van der Waals surface area contributed by atoms with Gasteiger partial charge in [-0.3, -0.25) is 4.79 Å². The summed E-state index contributed by atoms with van der Waals surface area (Å²) in [5, 5.41) is 0. The summed E-state index contributed by atoms with van der Waals surface area (Å²) in [5.41, 5.74) is 0.494. The average Bonchev–Trinajstić information content (AvgIpc) is 3.15. The van der Waals surface area contributed by atoms with E-state index in [1.807, 2.05) is 17.2 Å². The standard InChI is InChI=1S/C17H21N3O3/c1-22-13-4-3-5-14(23-2)15(13)17(21)20-10-6-12(7-11-20)16-18-8-9-19-16/h3-5,8-9,12H,6-7,10-11H2,1-2H3,(H,18,19). The Morgan fingerprint density at radius 1 is 1.22 bits per heavy atom. The SMILES string of the molecule is COc1cccc(OC)c1C(=O)N1CCC(c2ncc[nH]2)CC1. The number of aromatic nitrogens is 2. The summed E-state index contributed by atoms with van der Waals surface area (Å²) in [7, 11) is 3.13. The molecule has 0 aliphatic carbocycles. The number of carbonyl (C=O) groups excluding carboxylic acids is 1. The molecular weight excluding hydrogens is 294 g/mol. The van der Waals surface area contributed by atoms with Gasteiger partial charge in [-0.1, -0.05) is 6.07 Å². The third-order valence-electron chi connectivity index (χ3n) is 4.33. The van der Waals surface area contributed by atoms with E-state index in [2.05, 4.69) is 9.97 Å². The molecule has 6 nitrogen and oxygen atoms in total. The predicted octanol–water partition coefficient (Wildman–Crippen LogP) is 2.45. The number of ether oxygens (including phenoxy) is 2. The molecule has 0 unspecified atom stereocenters. The molecule has 3 rings (SSSR count). The number of imidazole rings is 1. The minimum absolute atomic E-state index is 0.0443. The Bertz CT molecular complexity index is 639. The van der Waals surface area contributed by atoms with Crippen molar-refractivity contribution in [3.05, 3.63) is 42.0 Å². The second-order valence-corrected chi connectivity index (χ2v) is 5.58. The van der Waals surface area contributed by atoms with Gasteiger partial charge in [0.1, 0.15) is 22.9 Å². The van der Waals surface area contributed by atoms with Crippen LogP contribution >= 0.6 is 0 Å². The van der Waals surface area contributed by atoms with E-state index in [1.54, 1.807) is 32.5 Å². The van der Waals surface area contributed by atoms with Crippen LogP contribution in [-0.2, 0) is 0 Å². The lowest BCUT2D eigenvalue weighted by molar-refractivity contribution is 0.0704. The molecule has 2 aromatic rings. The molecule has 1 amide bonds. The molecule has 23 heavy (non-hydrogen) atoms. The van der Waals surface area contributed by atoms with Crippen LogP contribution in [0.3, 0.4) is 0 Å². The molecule has 1 aliphatic heterocycles. The third-order valence-corrected chi connectivity index (χ3v) is 4.33. The molecule has 122 valence electrons. The van der Waals surface area contributed by atoms with Crippen molar-refractivity contribution in [2.75, 3.05) is 27.3 Å². The van der Waals surface area contributed by atoms with Crippen molar-refractivity contribution in [1.29, 1.82) is 0 Å². The number of nitrogens with one attached hydrogen (secondary N) is 1. The summed E-state index contributed by atoms with van der Waals surface area (Å²) in [5.74, 6) is 2.43. The molecule has 1 fully saturated rings. The van der Waals surface area contributed by atoms with Crippen molar-refractivity contribution < 1.29 is 14.3 Å². The number of nitrogens with zero attached hydrogens (tertiary/aromatic N) is 2. The molecular formula is C17H21N3O3. The zero-order chi connectivity index (χ0) is 16.2. The van der Waals surface area contributed by atoms with Gasteiger partial charge in [-0.05, 0) is 25.0 Å². The van der Waals surface area contributed by atoms with Crippen LogP contribution in [0.25, 0.3) is 0 Å². The van der Waals surface area contributed by atoms with Crippen molar-refractivity contribution in [2.24, 2.45) is 0 Å². The first-order valence-electron chi connectivity index (χ1n) is 7.74. The molecule has 1 aromatic heterocycles. The van der Waals surface area contributed by atoms with Gasteiger partial charge in [0, 0.05) is 31.4 Å². The topological polar surface area (TPSA) is 67.5 Å². The Hall–Kier alpha value is -2.50. The normalized spacial score (nSPS) is 15.5. The molecule has 0 spiro atoms. The summed E-state index contributed by atoms with van der Waals surface area (Å²) in [6.45, 7) is 1.40. The van der Waals surface area contributed by atoms with E-state index >= 15 is 0 Å². The molecule has 6 heteroatoms. The van der Waals surface area contributed by atoms with E-state index in [-0.39, 0.29) is 5.91 Å². The molecule has 1 saturated heterocycles. The molecule has 1 aromatic carbocycles. The Labute approximate surface area is 135 Å². The number of aromatic amines is 1. The van der Waals surface area contributed by atoms with Crippen LogP contribution in [-0.4, -0.2) is 48.1 Å². The largest absolute Gasteiger partial charge is 0.496 e. The summed E-state index contributed by atoms with van der Waals surface area (Å²) in [6.07, 6.45) is 5.41. The number of benzene rings is 1. The number of hydrogen-bond acceptors (Lipinski definition) is 4. The summed E-state index contributed by atoms with van der Waals surface area (Å²) < 4.78 is 10.7. The van der Waals surface area contributed by atoms with Gasteiger partial charge in [0.25, 0.3) is 5.91 Å². The van der Waals surface area contributed by atoms with Gasteiger partial charge in [-0.2, -0.15) is 0 Å². The van der Waals surface area contributed by atoms with E-state index in [0.717, 1.165) is 18.7 Å². The first-order chi connectivity index (χ1) is 11.2. The van der Waals surface area contributed by atoms with Crippen LogP contribution in [0.5, 0.6) is 11.5 Å². The van der Waals surface area contributed by atoms with Crippen molar-refractivity contribution in [2.45, 2.75) is 18.8 Å². The lowest BCUT2D eigenvalue weighted by atomic mass is 9.95. The number of amides is 1.